The summed E-state index contributed by atoms with van der Waals surface area (Å²) in [4.78, 5) is 48.4. The number of hydrogen-bond donors (Lipinski definition) is 1. The summed E-state index contributed by atoms with van der Waals surface area (Å²) in [6.45, 7) is 5.41. The van der Waals surface area contributed by atoms with Gasteiger partial charge in [0.25, 0.3) is 5.78 Å². The molecular weight excluding hydrogens is 470 g/mol. The number of ketones is 1. The number of esters is 1. The summed E-state index contributed by atoms with van der Waals surface area (Å²) in [6, 6.07) is 8.96. The molecule has 4 rings (SSSR count). The summed E-state index contributed by atoms with van der Waals surface area (Å²) in [6.07, 6.45) is 3.05. The number of amides is 1. The van der Waals surface area contributed by atoms with E-state index in [4.69, 9.17) is 9.47 Å². The normalized spacial score (nSPS) is 17.2. The molecule has 3 aromatic rings. The molecule has 1 aromatic carbocycles. The highest BCUT2D eigenvalue weighted by atomic mass is 32.1. The molecule has 1 fully saturated rings. The molecule has 1 N–H and O–H groups in total. The number of pyridine rings is 1. The van der Waals surface area contributed by atoms with E-state index in [1.165, 1.54) is 18.2 Å². The van der Waals surface area contributed by atoms with Crippen LogP contribution in [0.25, 0.3) is 5.76 Å². The van der Waals surface area contributed by atoms with E-state index in [0.717, 1.165) is 11.3 Å². The third-order valence-electron chi connectivity index (χ3n) is 5.31. The maximum Gasteiger partial charge on any atom is 0.350 e. The number of aliphatic hydroxyl groups excluding tert-OH is 1. The summed E-state index contributed by atoms with van der Waals surface area (Å²) in [5.41, 5.74) is 1.11. The number of Topliss-reactive ketones (excluding diaryl/α,β-unsaturated/α-hetero) is 1. The molecule has 1 atom stereocenters. The number of methoxy groups -OCH3 is 1. The first kappa shape index (κ1) is 24.1. The van der Waals surface area contributed by atoms with Crippen molar-refractivity contribution in [1.82, 2.24) is 9.97 Å². The van der Waals surface area contributed by atoms with Gasteiger partial charge in [-0.2, -0.15) is 0 Å². The smallest absolute Gasteiger partial charge is 0.350 e. The average Bonchev–Trinajstić information content (AvgIpc) is 3.35. The Bertz CT molecular complexity index is 1310. The standard InChI is InChI=1S/C25H23N3O6S/c1-13(2)34-17-9-7-15(8-10-17)20(29)18-19(16-6-5-11-26-12-16)28(23(31)21(18)30)25-27-14(3)22(35-25)24(32)33-4/h5-13,19,29H,1-4H3. The Morgan fingerprint density at radius 3 is 2.49 bits per heavy atom. The molecule has 0 bridgehead atoms. The molecule has 0 saturated carbocycles. The van der Waals surface area contributed by atoms with Crippen LogP contribution in [0.2, 0.25) is 0 Å². The van der Waals surface area contributed by atoms with Gasteiger partial charge in [0, 0.05) is 18.0 Å². The maximum atomic E-state index is 13.2. The first-order valence-electron chi connectivity index (χ1n) is 10.8. The Balaban J connectivity index is 1.85. The lowest BCUT2D eigenvalue weighted by atomic mass is 9.96. The fourth-order valence-electron chi connectivity index (χ4n) is 3.77. The van der Waals surface area contributed by atoms with E-state index in [0.29, 0.717) is 22.6 Å². The molecular formula is C25H23N3O6S. The first-order valence-corrected chi connectivity index (χ1v) is 11.6. The molecule has 0 aliphatic carbocycles. The van der Waals surface area contributed by atoms with Crippen molar-refractivity contribution in [3.05, 3.63) is 76.1 Å². The predicted octanol–water partition coefficient (Wildman–Crippen LogP) is 4.05. The number of carbonyl (C=O) groups is 3. The molecule has 35 heavy (non-hydrogen) atoms. The highest BCUT2D eigenvalue weighted by Crippen LogP contribution is 2.43. The highest BCUT2D eigenvalue weighted by Gasteiger charge is 2.48. The fraction of sp³-hybridized carbons (Fsp3) is 0.240. The summed E-state index contributed by atoms with van der Waals surface area (Å²) >= 11 is 0.937. The van der Waals surface area contributed by atoms with Crippen LogP contribution in [0, 0.1) is 6.92 Å². The lowest BCUT2D eigenvalue weighted by molar-refractivity contribution is -0.132. The number of aryl methyl sites for hydroxylation is 1. The number of nitrogens with zero attached hydrogens (tertiary/aromatic N) is 3. The minimum Gasteiger partial charge on any atom is -0.507 e. The van der Waals surface area contributed by atoms with Gasteiger partial charge in [-0.3, -0.25) is 19.5 Å². The molecule has 1 aliphatic heterocycles. The van der Waals surface area contributed by atoms with Crippen LogP contribution in [0.1, 0.15) is 46.4 Å². The molecule has 1 amide bonds. The molecule has 0 radical (unpaired) electrons. The summed E-state index contributed by atoms with van der Waals surface area (Å²) in [5.74, 6) is -2.06. The van der Waals surface area contributed by atoms with Crippen molar-refractivity contribution in [2.24, 2.45) is 0 Å². The van der Waals surface area contributed by atoms with Crippen molar-refractivity contribution in [2.45, 2.75) is 32.9 Å². The van der Waals surface area contributed by atoms with Gasteiger partial charge in [0.05, 0.1) is 30.5 Å². The molecule has 1 saturated heterocycles. The van der Waals surface area contributed by atoms with Gasteiger partial charge in [-0.05, 0) is 56.7 Å². The predicted molar refractivity (Wildman–Crippen MR) is 129 cm³/mol. The topological polar surface area (TPSA) is 119 Å². The van der Waals surface area contributed by atoms with Gasteiger partial charge in [0.15, 0.2) is 5.13 Å². The van der Waals surface area contributed by atoms with Gasteiger partial charge in [0.2, 0.25) is 0 Å². The molecule has 9 nitrogen and oxygen atoms in total. The Labute approximate surface area is 205 Å². The molecule has 180 valence electrons. The number of aromatic nitrogens is 2. The minimum absolute atomic E-state index is 0.0259. The van der Waals surface area contributed by atoms with E-state index in [1.54, 1.807) is 49.5 Å². The molecule has 0 spiro atoms. The van der Waals surface area contributed by atoms with Crippen molar-refractivity contribution < 1.29 is 29.0 Å². The molecule has 2 aromatic heterocycles. The lowest BCUT2D eigenvalue weighted by Gasteiger charge is -2.22. The number of benzene rings is 1. The van der Waals surface area contributed by atoms with Gasteiger partial charge >= 0.3 is 11.9 Å². The van der Waals surface area contributed by atoms with Crippen molar-refractivity contribution in [3.8, 4) is 5.75 Å². The summed E-state index contributed by atoms with van der Waals surface area (Å²) in [5, 5.41) is 11.3. The molecule has 1 unspecified atom stereocenters. The van der Waals surface area contributed by atoms with E-state index in [-0.39, 0.29) is 27.4 Å². The quantitative estimate of drug-likeness (QED) is 0.236. The van der Waals surface area contributed by atoms with Crippen molar-refractivity contribution >= 4 is 39.9 Å². The lowest BCUT2D eigenvalue weighted by Crippen LogP contribution is -2.29. The van der Waals surface area contributed by atoms with Crippen LogP contribution in [0.4, 0.5) is 5.13 Å². The number of hydrogen-bond acceptors (Lipinski definition) is 9. The van der Waals surface area contributed by atoms with Crippen molar-refractivity contribution in [3.63, 3.8) is 0 Å². The number of aliphatic hydroxyl groups is 1. The number of carbonyl (C=O) groups excluding carboxylic acids is 3. The largest absolute Gasteiger partial charge is 0.507 e. The second-order valence-corrected chi connectivity index (χ2v) is 9.03. The van der Waals surface area contributed by atoms with E-state index < -0.39 is 23.7 Å². The van der Waals surface area contributed by atoms with Gasteiger partial charge in [0.1, 0.15) is 16.4 Å². The Morgan fingerprint density at radius 1 is 1.17 bits per heavy atom. The van der Waals surface area contributed by atoms with Gasteiger partial charge < -0.3 is 14.6 Å². The zero-order valence-electron chi connectivity index (χ0n) is 19.5. The van der Waals surface area contributed by atoms with E-state index in [9.17, 15) is 19.5 Å². The molecule has 1 aliphatic rings. The van der Waals surface area contributed by atoms with Crippen LogP contribution in [-0.2, 0) is 14.3 Å². The molecule has 3 heterocycles. The minimum atomic E-state index is -0.994. The van der Waals surface area contributed by atoms with E-state index in [2.05, 4.69) is 9.97 Å². The second-order valence-electron chi connectivity index (χ2n) is 8.05. The number of ether oxygens (including phenoxy) is 2. The van der Waals surface area contributed by atoms with E-state index in [1.807, 2.05) is 13.8 Å². The van der Waals surface area contributed by atoms with Crippen LogP contribution in [0.15, 0.2) is 54.4 Å². The van der Waals surface area contributed by atoms with Crippen LogP contribution < -0.4 is 9.64 Å². The monoisotopic (exact) mass is 493 g/mol. The first-order chi connectivity index (χ1) is 16.7. The molecule has 10 heteroatoms. The Morgan fingerprint density at radius 2 is 1.89 bits per heavy atom. The van der Waals surface area contributed by atoms with Gasteiger partial charge in [-0.1, -0.05) is 17.4 Å². The Hall–Kier alpha value is -4.05. The van der Waals surface area contributed by atoms with E-state index >= 15 is 0 Å². The van der Waals surface area contributed by atoms with Crippen molar-refractivity contribution in [2.75, 3.05) is 12.0 Å². The zero-order valence-corrected chi connectivity index (χ0v) is 20.3. The number of rotatable bonds is 6. The number of thiazole rings is 1. The number of anilines is 1. The summed E-state index contributed by atoms with van der Waals surface area (Å²) in [7, 11) is 1.25. The maximum absolute atomic E-state index is 13.2. The van der Waals surface area contributed by atoms with Crippen molar-refractivity contribution in [1.29, 1.82) is 0 Å². The van der Waals surface area contributed by atoms with Crippen LogP contribution in [0.3, 0.4) is 0 Å². The SMILES string of the molecule is COC(=O)c1sc(N2C(=O)C(=O)C(=C(O)c3ccc(OC(C)C)cc3)C2c2cccnc2)nc1C. The third-order valence-corrected chi connectivity index (χ3v) is 6.44. The fourth-order valence-corrected chi connectivity index (χ4v) is 4.78. The van der Waals surface area contributed by atoms with Crippen LogP contribution in [0.5, 0.6) is 5.75 Å². The van der Waals surface area contributed by atoms with Crippen LogP contribution in [-0.4, -0.2) is 45.9 Å². The highest BCUT2D eigenvalue weighted by molar-refractivity contribution is 7.17. The average molecular weight is 494 g/mol. The van der Waals surface area contributed by atoms with Gasteiger partial charge in [-0.15, -0.1) is 0 Å². The summed E-state index contributed by atoms with van der Waals surface area (Å²) < 4.78 is 10.4. The van der Waals surface area contributed by atoms with Crippen LogP contribution >= 0.6 is 11.3 Å². The zero-order chi connectivity index (χ0) is 25.3. The second kappa shape index (κ2) is 9.67. The van der Waals surface area contributed by atoms with Gasteiger partial charge in [-0.25, -0.2) is 9.78 Å². The third kappa shape index (κ3) is 4.52. The Kier molecular flexibility index (Phi) is 6.65.